The third-order valence-electron chi connectivity index (χ3n) is 7.22. The van der Waals surface area contributed by atoms with Gasteiger partial charge in [0, 0.05) is 122 Å². The number of aromatic nitrogens is 20. The number of furan rings is 1. The minimum atomic E-state index is 0.417. The number of thiazole rings is 1. The topological polar surface area (TPSA) is 348 Å². The second-order valence-electron chi connectivity index (χ2n) is 13.0. The molecule has 15 heterocycles. The number of aromatic amines is 5. The van der Waals surface area contributed by atoms with Crippen molar-refractivity contribution in [2.45, 2.75) is 208 Å². The second kappa shape index (κ2) is 175. The van der Waals surface area contributed by atoms with Gasteiger partial charge in [0.2, 0.25) is 0 Å². The summed E-state index contributed by atoms with van der Waals surface area (Å²) >= 11 is 4.78. The van der Waals surface area contributed by atoms with Crippen molar-refractivity contribution in [3.05, 3.63) is 310 Å². The van der Waals surface area contributed by atoms with Gasteiger partial charge in [-0.2, -0.15) is 42.0 Å². The highest BCUT2D eigenvalue weighted by Crippen LogP contribution is 2.09. The van der Waals surface area contributed by atoms with Gasteiger partial charge in [-0.25, -0.2) is 24.3 Å². The fourth-order valence-electron chi connectivity index (χ4n) is 4.02. The van der Waals surface area contributed by atoms with Gasteiger partial charge in [0.1, 0.15) is 25.2 Å². The van der Waals surface area contributed by atoms with Crippen molar-refractivity contribution >= 4 is 45.1 Å². The Bertz CT molecular complexity index is 2480. The highest BCUT2D eigenvalue weighted by Gasteiger charge is 1.87. The monoisotopic (exact) mass is 1620 g/mol. The number of fused-ring (bicyclic) bond motifs is 1. The van der Waals surface area contributed by atoms with Crippen LogP contribution in [0, 0.1) is 0 Å². The van der Waals surface area contributed by atoms with Crippen molar-refractivity contribution < 1.29 is 8.94 Å². The largest absolute Gasteiger partial charge is 0.473 e. The normalized spacial score (nSPS) is 7.27. The molecule has 0 saturated carbocycles. The van der Waals surface area contributed by atoms with Gasteiger partial charge >= 0.3 is 0 Å². The molecule has 15 aromatic rings. The summed E-state index contributed by atoms with van der Waals surface area (Å²) in [4.78, 5) is 38.3. The molecule has 0 bridgehead atoms. The Morgan fingerprint density at radius 1 is 0.319 bits per heavy atom. The van der Waals surface area contributed by atoms with Gasteiger partial charge in [-0.1, -0.05) is 249 Å². The first-order chi connectivity index (χ1) is 56.5. The number of H-pyrrole nitrogens is 5. The average Bonchev–Trinajstić information content (AvgIpc) is 1.75. The number of para-hydroxylation sites is 1. The fourth-order valence-corrected chi connectivity index (χ4v) is 5.17. The minimum Gasteiger partial charge on any atom is -0.473 e. The van der Waals surface area contributed by atoms with Crippen LogP contribution in [0.15, 0.2) is 340 Å². The molecule has 14 aromatic heterocycles. The number of pyridine rings is 1. The first-order valence-electron chi connectivity index (χ1n) is 38.7. The smallest absolute Gasteiger partial charge is 0.175 e. The zero-order valence-electron chi connectivity index (χ0n) is 74.2. The lowest BCUT2D eigenvalue weighted by Gasteiger charge is -1.83. The van der Waals surface area contributed by atoms with Crippen molar-refractivity contribution in [2.24, 2.45) is 20.7 Å². The molecule has 0 amide bonds. The van der Waals surface area contributed by atoms with Crippen LogP contribution in [0.5, 0.6) is 0 Å². The van der Waals surface area contributed by atoms with E-state index in [4.69, 9.17) is 0 Å². The van der Waals surface area contributed by atoms with E-state index < -0.39 is 0 Å². The molecule has 0 spiro atoms. The summed E-state index contributed by atoms with van der Waals surface area (Å²) in [5, 5.41) is 48.0. The zero-order chi connectivity index (χ0) is 88.4. The maximum absolute atomic E-state index is 4.58. The number of rotatable bonds is 0. The average molecular weight is 1620 g/mol. The summed E-state index contributed by atoms with van der Waals surface area (Å²) in [6, 6.07) is 36.7. The number of hydrogen-bond acceptors (Lipinski definition) is 24. The highest BCUT2D eigenvalue weighted by atomic mass is 32.1. The standard InChI is InChI=1S/C8H7N.C5H5N.3C4H4N2.C4H5N.C4H4O.C4H4S.C3H4N2.C3H3NO.2C3H3NS.2C2H3N3.15C2H6.CH2N4/c1-2-4-8-7(3-1)5-6-9-8;1-2-4-6-5-3-1;1-2-6-4-3-5-1;1-2-5-4-6-3-1;1-2-4-6-5-3-1;3*1-2-4-5-3-1;1-2-5-3-4-1;1-2-4-5-3-1;1-2-5-3-4-1;1-2-4-5-3-1;1-3-2-5-4-1;1-2-4-5-3-1;15*1-2;1-2-4-5-3-1/h1-6,9H;1-5H;3*1-4H;1-5H;2*1-4H;1-3H,(H,4,5);3*1-3H;2*1-2H,(H,3,4,5);15*1-2H3;1H2. The lowest BCUT2D eigenvalue weighted by Crippen LogP contribution is -1.69. The van der Waals surface area contributed by atoms with Gasteiger partial charge in [-0.3, -0.25) is 25.0 Å². The molecule has 0 atom stereocenters. The van der Waals surface area contributed by atoms with E-state index in [2.05, 4.69) is 148 Å². The maximum atomic E-state index is 4.58. The molecular formula is C84H148N24O2S3. The Morgan fingerprint density at radius 3 is 1.03 bits per heavy atom. The minimum absolute atomic E-state index is 0.417. The molecule has 0 radical (unpaired) electrons. The molecule has 26 nitrogen and oxygen atoms in total. The van der Waals surface area contributed by atoms with Crippen LogP contribution in [0.2, 0.25) is 0 Å². The van der Waals surface area contributed by atoms with Crippen molar-refractivity contribution in [1.82, 2.24) is 100 Å². The highest BCUT2D eigenvalue weighted by molar-refractivity contribution is 7.07. The van der Waals surface area contributed by atoms with Crippen molar-refractivity contribution in [2.75, 3.05) is 6.67 Å². The number of nitrogens with one attached hydrogen (secondary N) is 5. The second-order valence-corrected chi connectivity index (χ2v) is 15.3. The van der Waals surface area contributed by atoms with Gasteiger partial charge < -0.3 is 23.9 Å². The molecule has 5 N–H and O–H groups in total. The molecule has 634 valence electrons. The fraction of sp³-hybridized carbons (Fsp3) is 0.369. The summed E-state index contributed by atoms with van der Waals surface area (Å²) in [5.41, 5.74) is 3.00. The molecule has 1 aliphatic rings. The first-order valence-corrected chi connectivity index (χ1v) is 41.4. The summed E-state index contributed by atoms with van der Waals surface area (Å²) in [6.07, 6.45) is 45.0. The molecule has 0 fully saturated rings. The molecule has 29 heteroatoms. The molecule has 1 aliphatic heterocycles. The van der Waals surface area contributed by atoms with Crippen LogP contribution in [-0.4, -0.2) is 107 Å². The van der Waals surface area contributed by atoms with Crippen molar-refractivity contribution in [1.29, 1.82) is 0 Å². The van der Waals surface area contributed by atoms with Crippen LogP contribution in [0.3, 0.4) is 0 Å². The van der Waals surface area contributed by atoms with Crippen molar-refractivity contribution in [3.8, 4) is 0 Å². The first kappa shape index (κ1) is 134. The van der Waals surface area contributed by atoms with Crippen LogP contribution < -0.4 is 0 Å². The lowest BCUT2D eigenvalue weighted by molar-refractivity contribution is 0.420. The molecule has 0 saturated heterocycles. The van der Waals surface area contributed by atoms with E-state index in [1.54, 1.807) is 165 Å². The summed E-state index contributed by atoms with van der Waals surface area (Å²) in [5.74, 6) is 0. The van der Waals surface area contributed by atoms with E-state index >= 15 is 0 Å². The quantitative estimate of drug-likeness (QED) is 0.0941. The van der Waals surface area contributed by atoms with E-state index in [1.807, 2.05) is 333 Å². The molecule has 113 heavy (non-hydrogen) atoms. The van der Waals surface area contributed by atoms with Gasteiger partial charge in [-0.05, 0) is 117 Å². The van der Waals surface area contributed by atoms with E-state index in [0.29, 0.717) is 6.67 Å². The van der Waals surface area contributed by atoms with Gasteiger partial charge in [-0.15, -0.1) is 21.6 Å². The molecule has 0 unspecified atom stereocenters. The van der Waals surface area contributed by atoms with Crippen LogP contribution in [0.4, 0.5) is 0 Å². The van der Waals surface area contributed by atoms with Crippen molar-refractivity contribution in [3.63, 3.8) is 0 Å². The number of imidazole rings is 1. The Labute approximate surface area is 695 Å². The zero-order valence-corrected chi connectivity index (χ0v) is 76.6. The molecule has 1 aromatic carbocycles. The molecule has 16 rings (SSSR count). The van der Waals surface area contributed by atoms with E-state index in [0.717, 1.165) is 0 Å². The SMILES string of the molecule is C1N=NN=N1.CC.CC.CC.CC.CC.CC.CC.CC.CC.CC.CC.CC.CC.CC.CC.c1c[nH]cn1.c1cc[nH]c1.c1ccc2[nH]ccc2c1.c1ccncc1.c1ccnnc1.c1ccoc1.c1ccsc1.c1cn[nH]n1.c1cnccn1.c1cncnc1.c1cnoc1.c1cnsc1.c1cscn1.c1nc[nH]n1. The molecular weight excluding hydrogens is 1470 g/mol. The lowest BCUT2D eigenvalue weighted by atomic mass is 10.3. The Kier molecular flexibility index (Phi) is 207. The number of benzene rings is 1. The van der Waals surface area contributed by atoms with E-state index in [-0.39, 0.29) is 0 Å². The van der Waals surface area contributed by atoms with Crippen LogP contribution in [-0.2, 0) is 0 Å². The maximum Gasteiger partial charge on any atom is 0.175 e. The van der Waals surface area contributed by atoms with Crippen LogP contribution in [0.1, 0.15) is 208 Å². The Balaban J connectivity index is -0.0000000758. The summed E-state index contributed by atoms with van der Waals surface area (Å²) in [6.45, 7) is 60.4. The summed E-state index contributed by atoms with van der Waals surface area (Å²) < 4.78 is 12.7. The van der Waals surface area contributed by atoms with E-state index in [9.17, 15) is 0 Å². The third kappa shape index (κ3) is 154. The number of thiophene rings is 1. The van der Waals surface area contributed by atoms with Gasteiger partial charge in [0.15, 0.2) is 6.67 Å². The van der Waals surface area contributed by atoms with Crippen LogP contribution >= 0.6 is 34.2 Å². The molecule has 0 aliphatic carbocycles. The third-order valence-corrected chi connectivity index (χ3v) is 8.89. The Morgan fingerprint density at radius 2 is 0.832 bits per heavy atom. The van der Waals surface area contributed by atoms with Crippen LogP contribution in [0.25, 0.3) is 10.9 Å². The number of hydrogen-bond donors (Lipinski definition) is 5. The van der Waals surface area contributed by atoms with Gasteiger partial charge in [0.05, 0.1) is 43.0 Å². The van der Waals surface area contributed by atoms with Gasteiger partial charge in [0.25, 0.3) is 0 Å². The Hall–Kier alpha value is -11.4. The number of nitrogens with zero attached hydrogens (tertiary/aromatic N) is 19. The predicted molar refractivity (Wildman–Crippen MR) is 489 cm³/mol. The predicted octanol–water partition coefficient (Wildman–Crippen LogP) is 27.9. The van der Waals surface area contributed by atoms with E-state index in [1.165, 1.54) is 47.7 Å². The summed E-state index contributed by atoms with van der Waals surface area (Å²) in [7, 11) is 0.